The molecule has 0 saturated carbocycles. The number of hydrogen-bond donors (Lipinski definition) is 0. The van der Waals surface area contributed by atoms with Crippen molar-refractivity contribution in [1.29, 1.82) is 0 Å². The van der Waals surface area contributed by atoms with E-state index in [-0.39, 0.29) is 0 Å². The summed E-state index contributed by atoms with van der Waals surface area (Å²) in [5.41, 5.74) is 3.23. The van der Waals surface area contributed by atoms with Gasteiger partial charge in [-0.2, -0.15) is 0 Å². The van der Waals surface area contributed by atoms with E-state index in [1.165, 1.54) is 10.9 Å². The summed E-state index contributed by atoms with van der Waals surface area (Å²) in [7, 11) is 0. The number of hydrogen-bond acceptors (Lipinski definition) is 2. The van der Waals surface area contributed by atoms with Gasteiger partial charge >= 0.3 is 0 Å². The van der Waals surface area contributed by atoms with Gasteiger partial charge < -0.3 is 0 Å². The van der Waals surface area contributed by atoms with E-state index >= 15 is 0 Å². The number of rotatable bonds is 1. The molecule has 2 nitrogen and oxygen atoms in total. The lowest BCUT2D eigenvalue weighted by Gasteiger charge is -2.05. The first kappa shape index (κ1) is 9.97. The van der Waals surface area contributed by atoms with Crippen LogP contribution >= 0.6 is 0 Å². The summed E-state index contributed by atoms with van der Waals surface area (Å²) in [6.07, 6.45) is 5.64. The van der Waals surface area contributed by atoms with Crippen LogP contribution in [0, 0.1) is 6.92 Å². The quantitative estimate of drug-likeness (QED) is 0.626. The molecular weight excluding hydrogens is 208 g/mol. The molecule has 3 rings (SSSR count). The normalized spacial score (nSPS) is 10.6. The molecule has 0 atom stereocenters. The fourth-order valence-electron chi connectivity index (χ4n) is 1.95. The lowest BCUT2D eigenvalue weighted by atomic mass is 10.0. The number of pyridine rings is 2. The van der Waals surface area contributed by atoms with Crippen LogP contribution in [0.1, 0.15) is 5.56 Å². The van der Waals surface area contributed by atoms with Crippen LogP contribution in [0.3, 0.4) is 0 Å². The molecule has 82 valence electrons. The molecule has 0 aliphatic rings. The summed E-state index contributed by atoms with van der Waals surface area (Å²) in [4.78, 5) is 8.73. The van der Waals surface area contributed by atoms with Crippen molar-refractivity contribution in [1.82, 2.24) is 9.97 Å². The van der Waals surface area contributed by atoms with Crippen LogP contribution in [0.5, 0.6) is 0 Å². The molecule has 0 aliphatic carbocycles. The highest BCUT2D eigenvalue weighted by Crippen LogP contribution is 2.25. The van der Waals surface area contributed by atoms with Crippen LogP contribution in [0.25, 0.3) is 22.0 Å². The van der Waals surface area contributed by atoms with Crippen LogP contribution in [0.4, 0.5) is 0 Å². The van der Waals surface area contributed by atoms with Gasteiger partial charge in [0.1, 0.15) is 0 Å². The summed E-state index contributed by atoms with van der Waals surface area (Å²) in [5.74, 6) is 0. The Morgan fingerprint density at radius 2 is 1.76 bits per heavy atom. The van der Waals surface area contributed by atoms with Crippen molar-refractivity contribution in [3.8, 4) is 11.3 Å². The molecule has 0 spiro atoms. The van der Waals surface area contributed by atoms with Gasteiger partial charge in [-0.25, -0.2) is 0 Å². The molecule has 0 unspecified atom stereocenters. The van der Waals surface area contributed by atoms with E-state index in [1.54, 1.807) is 0 Å². The average Bonchev–Trinajstić information content (AvgIpc) is 2.39. The van der Waals surface area contributed by atoms with E-state index < -0.39 is 0 Å². The minimum Gasteiger partial charge on any atom is -0.263 e. The van der Waals surface area contributed by atoms with E-state index in [9.17, 15) is 0 Å². The van der Waals surface area contributed by atoms with E-state index in [2.05, 4.69) is 28.2 Å². The van der Waals surface area contributed by atoms with Crippen LogP contribution in [0.2, 0.25) is 0 Å². The molecule has 0 aliphatic heterocycles. The first-order chi connectivity index (χ1) is 8.34. The summed E-state index contributed by atoms with van der Waals surface area (Å²) < 4.78 is 0. The molecule has 1 aromatic carbocycles. The lowest BCUT2D eigenvalue weighted by Crippen LogP contribution is -1.87. The van der Waals surface area contributed by atoms with Crippen molar-refractivity contribution in [3.05, 3.63) is 60.6 Å². The maximum Gasteiger partial charge on any atom is 0.0723 e. The SMILES string of the molecule is Cc1ccc(-c2cncc3ccccc23)nc1. The molecule has 2 heteroatoms. The van der Waals surface area contributed by atoms with Crippen molar-refractivity contribution in [2.24, 2.45) is 0 Å². The Labute approximate surface area is 100.0 Å². The molecule has 17 heavy (non-hydrogen) atoms. The van der Waals surface area contributed by atoms with Crippen LogP contribution < -0.4 is 0 Å². The lowest BCUT2D eigenvalue weighted by molar-refractivity contribution is 1.26. The smallest absolute Gasteiger partial charge is 0.0723 e. The van der Waals surface area contributed by atoms with Crippen LogP contribution in [-0.2, 0) is 0 Å². The highest BCUT2D eigenvalue weighted by Gasteiger charge is 2.04. The molecule has 0 fully saturated rings. The van der Waals surface area contributed by atoms with E-state index in [0.717, 1.165) is 16.6 Å². The number of aromatic nitrogens is 2. The molecular formula is C15H12N2. The van der Waals surface area contributed by atoms with Gasteiger partial charge in [0.05, 0.1) is 5.69 Å². The Bertz CT molecular complexity index is 652. The van der Waals surface area contributed by atoms with Crippen molar-refractivity contribution >= 4 is 10.8 Å². The predicted molar refractivity (Wildman–Crippen MR) is 69.7 cm³/mol. The summed E-state index contributed by atoms with van der Waals surface area (Å²) >= 11 is 0. The average molecular weight is 220 g/mol. The maximum atomic E-state index is 4.46. The number of fused-ring (bicyclic) bond motifs is 1. The minimum atomic E-state index is 0.972. The second-order valence-corrected chi connectivity index (χ2v) is 4.13. The largest absolute Gasteiger partial charge is 0.263 e. The first-order valence-corrected chi connectivity index (χ1v) is 5.60. The zero-order valence-electron chi connectivity index (χ0n) is 9.59. The monoisotopic (exact) mass is 220 g/mol. The second-order valence-electron chi connectivity index (χ2n) is 4.13. The molecule has 0 bridgehead atoms. The zero-order valence-corrected chi connectivity index (χ0v) is 9.59. The fourth-order valence-corrected chi connectivity index (χ4v) is 1.95. The number of benzene rings is 1. The van der Waals surface area contributed by atoms with Gasteiger partial charge in [-0.15, -0.1) is 0 Å². The second kappa shape index (κ2) is 3.98. The highest BCUT2D eigenvalue weighted by atomic mass is 14.7. The molecule has 2 heterocycles. The highest BCUT2D eigenvalue weighted by molar-refractivity contribution is 5.94. The summed E-state index contributed by atoms with van der Waals surface area (Å²) in [6.45, 7) is 2.04. The predicted octanol–water partition coefficient (Wildman–Crippen LogP) is 3.61. The van der Waals surface area contributed by atoms with E-state index in [4.69, 9.17) is 0 Å². The minimum absolute atomic E-state index is 0.972. The van der Waals surface area contributed by atoms with Gasteiger partial charge in [0.25, 0.3) is 0 Å². The van der Waals surface area contributed by atoms with Crippen LogP contribution in [0.15, 0.2) is 55.0 Å². The molecule has 0 radical (unpaired) electrons. The first-order valence-electron chi connectivity index (χ1n) is 5.60. The third kappa shape index (κ3) is 1.78. The number of aryl methyl sites for hydroxylation is 1. The van der Waals surface area contributed by atoms with Crippen molar-refractivity contribution < 1.29 is 0 Å². The molecule has 3 aromatic rings. The van der Waals surface area contributed by atoms with Gasteiger partial charge in [-0.1, -0.05) is 30.3 Å². The zero-order chi connectivity index (χ0) is 11.7. The molecule has 0 amide bonds. The molecule has 0 saturated heterocycles. The van der Waals surface area contributed by atoms with Gasteiger partial charge in [-0.05, 0) is 23.9 Å². The van der Waals surface area contributed by atoms with E-state index in [0.29, 0.717) is 0 Å². The molecule has 2 aromatic heterocycles. The Morgan fingerprint density at radius 3 is 2.59 bits per heavy atom. The Kier molecular flexibility index (Phi) is 2.33. The standard InChI is InChI=1S/C15H12N2/c1-11-6-7-15(17-8-11)14-10-16-9-12-4-2-3-5-13(12)14/h2-10H,1H3. The maximum absolute atomic E-state index is 4.46. The Hall–Kier alpha value is -2.22. The summed E-state index contributed by atoms with van der Waals surface area (Å²) in [6, 6.07) is 12.4. The van der Waals surface area contributed by atoms with Gasteiger partial charge in [0, 0.05) is 29.5 Å². The Balaban J connectivity index is 2.27. The van der Waals surface area contributed by atoms with Crippen molar-refractivity contribution in [2.45, 2.75) is 6.92 Å². The van der Waals surface area contributed by atoms with Gasteiger partial charge in [-0.3, -0.25) is 9.97 Å². The topological polar surface area (TPSA) is 25.8 Å². The fraction of sp³-hybridized carbons (Fsp3) is 0.0667. The van der Waals surface area contributed by atoms with Crippen LogP contribution in [-0.4, -0.2) is 9.97 Å². The number of nitrogens with zero attached hydrogens (tertiary/aromatic N) is 2. The van der Waals surface area contributed by atoms with E-state index in [1.807, 2.05) is 43.7 Å². The van der Waals surface area contributed by atoms with Crippen molar-refractivity contribution in [3.63, 3.8) is 0 Å². The van der Waals surface area contributed by atoms with Crippen molar-refractivity contribution in [2.75, 3.05) is 0 Å². The van der Waals surface area contributed by atoms with Gasteiger partial charge in [0.15, 0.2) is 0 Å². The third-order valence-electron chi connectivity index (χ3n) is 2.86. The third-order valence-corrected chi connectivity index (χ3v) is 2.86. The van der Waals surface area contributed by atoms with Gasteiger partial charge in [0.2, 0.25) is 0 Å². The molecule has 0 N–H and O–H groups in total. The Morgan fingerprint density at radius 1 is 0.882 bits per heavy atom. The summed E-state index contributed by atoms with van der Waals surface area (Å²) in [5, 5.41) is 2.34.